The minimum absolute atomic E-state index is 0.169. The van der Waals surface area contributed by atoms with Gasteiger partial charge in [0.05, 0.1) is 12.6 Å². The van der Waals surface area contributed by atoms with Crippen LogP contribution in [0.1, 0.15) is 41.9 Å². The first-order valence-electron chi connectivity index (χ1n) is 5.85. The molecule has 1 aliphatic carbocycles. The van der Waals surface area contributed by atoms with Gasteiger partial charge in [-0.1, -0.05) is 12.1 Å². The van der Waals surface area contributed by atoms with Gasteiger partial charge in [-0.15, -0.1) is 0 Å². The van der Waals surface area contributed by atoms with Crippen LogP contribution in [0, 0.1) is 0 Å². The summed E-state index contributed by atoms with van der Waals surface area (Å²) in [6, 6.07) is 0.717. The summed E-state index contributed by atoms with van der Waals surface area (Å²) in [5.74, 6) is 0.263. The van der Waals surface area contributed by atoms with Gasteiger partial charge in [0.1, 0.15) is 0 Å². The van der Waals surface area contributed by atoms with Crippen LogP contribution in [0.3, 0.4) is 0 Å². The maximum atomic E-state index is 7.57. The maximum absolute atomic E-state index is 7.57. The van der Waals surface area contributed by atoms with Gasteiger partial charge in [0.25, 0.3) is 0 Å². The fourth-order valence-corrected chi connectivity index (χ4v) is 1.85. The molecule has 0 radical (unpaired) electrons. The maximum Gasteiger partial charge on any atom is 0.465 e. The summed E-state index contributed by atoms with van der Waals surface area (Å²) >= 11 is 0. The molecule has 1 heterocycles. The molecule has 1 atom stereocenters. The first-order chi connectivity index (χ1) is 6.82. The van der Waals surface area contributed by atoms with Crippen LogP contribution in [-0.2, 0) is 9.31 Å². The second-order valence-corrected chi connectivity index (χ2v) is 5.20. The molecule has 0 bridgehead atoms. The average molecular weight is 195 g/mol. The van der Waals surface area contributed by atoms with Crippen molar-refractivity contribution in [3.63, 3.8) is 0 Å². The molecule has 3 heteroatoms. The number of rotatable bonds is 1. The first kappa shape index (κ1) is 8.99. The van der Waals surface area contributed by atoms with Crippen molar-refractivity contribution in [3.05, 3.63) is 12.1 Å². The molecule has 0 aromatic rings. The zero-order chi connectivity index (χ0) is 11.3. The van der Waals surface area contributed by atoms with Gasteiger partial charge < -0.3 is 9.31 Å². The van der Waals surface area contributed by atoms with E-state index in [9.17, 15) is 0 Å². The Morgan fingerprint density at radius 1 is 1.29 bits per heavy atom. The molecule has 1 aliphatic heterocycles. The van der Waals surface area contributed by atoms with Crippen molar-refractivity contribution in [1.82, 2.24) is 0 Å². The SMILES string of the molecule is [2H]C1=C[C@@H](B2OC(C)(C)C(C)(C)O2)CC1. The minimum atomic E-state index is -0.254. The Morgan fingerprint density at radius 2 is 1.86 bits per heavy atom. The molecule has 0 N–H and O–H groups in total. The number of hydrogen-bond donors (Lipinski definition) is 0. The zero-order valence-corrected chi connectivity index (χ0v) is 9.46. The Kier molecular flexibility index (Phi) is 2.00. The normalized spacial score (nSPS) is 35.7. The van der Waals surface area contributed by atoms with E-state index in [1.54, 1.807) is 0 Å². The van der Waals surface area contributed by atoms with Crippen molar-refractivity contribution >= 4 is 7.12 Å². The summed E-state index contributed by atoms with van der Waals surface area (Å²) in [7, 11) is -0.169. The molecular weight excluding hydrogens is 175 g/mol. The monoisotopic (exact) mass is 195 g/mol. The van der Waals surface area contributed by atoms with Crippen LogP contribution in [-0.4, -0.2) is 18.3 Å². The molecule has 14 heavy (non-hydrogen) atoms. The molecule has 2 nitrogen and oxygen atoms in total. The van der Waals surface area contributed by atoms with Gasteiger partial charge in [0.15, 0.2) is 0 Å². The van der Waals surface area contributed by atoms with Crippen LogP contribution in [0.25, 0.3) is 0 Å². The van der Waals surface area contributed by atoms with E-state index in [4.69, 9.17) is 10.7 Å². The lowest BCUT2D eigenvalue weighted by molar-refractivity contribution is 0.00578. The summed E-state index contributed by atoms with van der Waals surface area (Å²) in [6.45, 7) is 8.25. The van der Waals surface area contributed by atoms with Crippen molar-refractivity contribution < 1.29 is 10.7 Å². The van der Waals surface area contributed by atoms with E-state index < -0.39 is 0 Å². The quantitative estimate of drug-likeness (QED) is 0.473. The Hall–Kier alpha value is -0.275. The minimum Gasteiger partial charge on any atom is -0.403 e. The molecule has 0 unspecified atom stereocenters. The third-order valence-electron chi connectivity index (χ3n) is 3.57. The van der Waals surface area contributed by atoms with E-state index >= 15 is 0 Å². The van der Waals surface area contributed by atoms with Gasteiger partial charge >= 0.3 is 7.12 Å². The molecule has 2 aliphatic rings. The molecule has 0 aromatic heterocycles. The summed E-state index contributed by atoms with van der Waals surface area (Å²) in [6.07, 6.45) is 3.81. The molecule has 0 saturated carbocycles. The predicted molar refractivity (Wildman–Crippen MR) is 58.2 cm³/mol. The van der Waals surface area contributed by atoms with Crippen LogP contribution >= 0.6 is 0 Å². The second kappa shape index (κ2) is 3.11. The van der Waals surface area contributed by atoms with Crippen LogP contribution in [0.2, 0.25) is 5.82 Å². The third kappa shape index (κ3) is 1.53. The third-order valence-corrected chi connectivity index (χ3v) is 3.57. The fraction of sp³-hybridized carbons (Fsp3) is 0.818. The zero-order valence-electron chi connectivity index (χ0n) is 10.5. The summed E-state index contributed by atoms with van der Waals surface area (Å²) < 4.78 is 19.5. The molecule has 2 rings (SSSR count). The highest BCUT2D eigenvalue weighted by molar-refractivity contribution is 6.48. The van der Waals surface area contributed by atoms with Crippen molar-refractivity contribution in [3.8, 4) is 0 Å². The van der Waals surface area contributed by atoms with E-state index in [1.807, 2.05) is 6.08 Å². The van der Waals surface area contributed by atoms with Crippen LogP contribution < -0.4 is 0 Å². The smallest absolute Gasteiger partial charge is 0.403 e. The Morgan fingerprint density at radius 3 is 2.29 bits per heavy atom. The highest BCUT2D eigenvalue weighted by Crippen LogP contribution is 2.42. The van der Waals surface area contributed by atoms with Gasteiger partial charge in [0, 0.05) is 5.82 Å². The van der Waals surface area contributed by atoms with Crippen molar-refractivity contribution in [2.75, 3.05) is 0 Å². The van der Waals surface area contributed by atoms with Crippen molar-refractivity contribution in [2.45, 2.75) is 57.6 Å². The highest BCUT2D eigenvalue weighted by atomic mass is 16.7. The molecule has 0 amide bonds. The van der Waals surface area contributed by atoms with Crippen molar-refractivity contribution in [1.29, 1.82) is 0 Å². The van der Waals surface area contributed by atoms with Crippen LogP contribution in [0.5, 0.6) is 0 Å². The molecular formula is C11H19BO2. The fourth-order valence-electron chi connectivity index (χ4n) is 1.85. The van der Waals surface area contributed by atoms with Crippen LogP contribution in [0.15, 0.2) is 12.1 Å². The number of hydrogen-bond acceptors (Lipinski definition) is 2. The van der Waals surface area contributed by atoms with E-state index in [2.05, 4.69) is 27.7 Å². The molecule has 1 saturated heterocycles. The summed E-state index contributed by atoms with van der Waals surface area (Å²) in [4.78, 5) is 0. The first-order valence-corrected chi connectivity index (χ1v) is 5.35. The standard InChI is InChI=1S/C11H19BO2/c1-10(2)11(3,4)14-12(13-10)9-7-5-6-8-9/h5,7,9H,6,8H2,1-4H3/t9-/m1/s1/i5D. The number of allylic oxidation sites excluding steroid dienone is 2. The predicted octanol–water partition coefficient (Wildman–Crippen LogP) is 2.80. The lowest BCUT2D eigenvalue weighted by Crippen LogP contribution is -2.41. The second-order valence-electron chi connectivity index (χ2n) is 5.20. The summed E-state index contributed by atoms with van der Waals surface area (Å²) in [5, 5.41) is 0. The Balaban J connectivity index is 2.10. The van der Waals surface area contributed by atoms with E-state index in [0.29, 0.717) is 0 Å². The van der Waals surface area contributed by atoms with Gasteiger partial charge in [0.2, 0.25) is 0 Å². The van der Waals surface area contributed by atoms with Crippen LogP contribution in [0.4, 0.5) is 0 Å². The Labute approximate surface area is 88.2 Å². The average Bonchev–Trinajstić information content (AvgIpc) is 2.56. The molecule has 0 spiro atoms. The van der Waals surface area contributed by atoms with Gasteiger partial charge in [-0.2, -0.15) is 0 Å². The van der Waals surface area contributed by atoms with Gasteiger partial charge in [-0.05, 0) is 40.5 Å². The van der Waals surface area contributed by atoms with Gasteiger partial charge in [-0.3, -0.25) is 0 Å². The van der Waals surface area contributed by atoms with Crippen molar-refractivity contribution in [2.24, 2.45) is 0 Å². The largest absolute Gasteiger partial charge is 0.465 e. The molecule has 78 valence electrons. The topological polar surface area (TPSA) is 18.5 Å². The highest BCUT2D eigenvalue weighted by Gasteiger charge is 2.53. The lowest BCUT2D eigenvalue weighted by atomic mass is 9.72. The summed E-state index contributed by atoms with van der Waals surface area (Å²) in [5.41, 5.74) is -0.507. The Bertz CT molecular complexity index is 283. The van der Waals surface area contributed by atoms with E-state index in [-0.39, 0.29) is 24.1 Å². The lowest BCUT2D eigenvalue weighted by Gasteiger charge is -2.32. The van der Waals surface area contributed by atoms with E-state index in [1.165, 1.54) is 0 Å². The van der Waals surface area contributed by atoms with Gasteiger partial charge in [-0.25, -0.2) is 0 Å². The molecule has 0 aromatic carbocycles. The molecule has 1 fully saturated rings. The van der Waals surface area contributed by atoms with E-state index in [0.717, 1.165) is 18.9 Å².